The lowest BCUT2D eigenvalue weighted by Crippen LogP contribution is -2.49. The fraction of sp³-hybridized carbons (Fsp3) is 0.481. The molecule has 0 unspecified atom stereocenters. The summed E-state index contributed by atoms with van der Waals surface area (Å²) in [6, 6.07) is 15.1. The molecule has 0 fully saturated rings. The molecule has 0 saturated carbocycles. The molecule has 0 aromatic heterocycles. The molecule has 174 valence electrons. The molecule has 0 heterocycles. The Bertz CT molecular complexity index is 885. The Morgan fingerprint density at radius 3 is 2.31 bits per heavy atom. The monoisotopic (exact) mass is 438 g/mol. The van der Waals surface area contributed by atoms with Crippen molar-refractivity contribution < 1.29 is 14.3 Å². The van der Waals surface area contributed by atoms with E-state index in [1.54, 1.807) is 11.8 Å². The van der Waals surface area contributed by atoms with Crippen LogP contribution in [0.1, 0.15) is 64.2 Å². The summed E-state index contributed by atoms with van der Waals surface area (Å²) >= 11 is 0. The molecule has 0 aliphatic rings. The van der Waals surface area contributed by atoms with Crippen molar-refractivity contribution in [3.8, 4) is 5.75 Å². The molecule has 0 saturated heterocycles. The summed E-state index contributed by atoms with van der Waals surface area (Å²) in [7, 11) is 0. The van der Waals surface area contributed by atoms with Crippen LogP contribution in [0.5, 0.6) is 5.75 Å². The van der Waals surface area contributed by atoms with Crippen molar-refractivity contribution in [2.24, 2.45) is 0 Å². The van der Waals surface area contributed by atoms with E-state index in [-0.39, 0.29) is 23.8 Å². The van der Waals surface area contributed by atoms with E-state index in [0.717, 1.165) is 24.0 Å². The second kappa shape index (κ2) is 11.7. The van der Waals surface area contributed by atoms with Gasteiger partial charge in [0.1, 0.15) is 11.8 Å². The summed E-state index contributed by atoms with van der Waals surface area (Å²) in [5.74, 6) is 0.281. The third-order valence-electron chi connectivity index (χ3n) is 5.68. The number of aryl methyl sites for hydroxylation is 1. The first-order valence-corrected chi connectivity index (χ1v) is 11.5. The highest BCUT2D eigenvalue weighted by molar-refractivity contribution is 5.88. The SMILES string of the molecule is CCCCNC(=O)[C@@H](C)N(Cc1ccccc1C)C(=O)COc1ccc(C(C)(C)C)cc1. The summed E-state index contributed by atoms with van der Waals surface area (Å²) < 4.78 is 5.79. The topological polar surface area (TPSA) is 58.6 Å². The van der Waals surface area contributed by atoms with Crippen molar-refractivity contribution in [1.29, 1.82) is 0 Å². The highest BCUT2D eigenvalue weighted by Gasteiger charge is 2.26. The van der Waals surface area contributed by atoms with Crippen LogP contribution < -0.4 is 10.1 Å². The second-order valence-corrected chi connectivity index (χ2v) is 9.33. The first-order valence-electron chi connectivity index (χ1n) is 11.5. The molecule has 0 aliphatic carbocycles. The first-order chi connectivity index (χ1) is 15.1. The third kappa shape index (κ3) is 7.40. The minimum atomic E-state index is -0.592. The van der Waals surface area contributed by atoms with E-state index >= 15 is 0 Å². The number of hydrogen-bond acceptors (Lipinski definition) is 3. The van der Waals surface area contributed by atoms with Gasteiger partial charge in [-0.3, -0.25) is 9.59 Å². The zero-order chi connectivity index (χ0) is 23.7. The number of benzene rings is 2. The lowest BCUT2D eigenvalue weighted by molar-refractivity contribution is -0.142. The predicted molar refractivity (Wildman–Crippen MR) is 130 cm³/mol. The number of nitrogens with one attached hydrogen (secondary N) is 1. The standard InChI is InChI=1S/C27H38N2O3/c1-7-8-17-28-26(31)21(3)29(18-22-12-10-9-11-20(22)2)25(30)19-32-24-15-13-23(14-16-24)27(4,5)6/h9-16,21H,7-8,17-19H2,1-6H3,(H,28,31)/t21-/m1/s1. The molecule has 0 spiro atoms. The Hall–Kier alpha value is -2.82. The Kier molecular flexibility index (Phi) is 9.30. The van der Waals surface area contributed by atoms with Gasteiger partial charge in [0.25, 0.3) is 5.91 Å². The fourth-order valence-corrected chi connectivity index (χ4v) is 3.37. The number of nitrogens with zero attached hydrogens (tertiary/aromatic N) is 1. The average Bonchev–Trinajstić information content (AvgIpc) is 2.76. The van der Waals surface area contributed by atoms with E-state index in [2.05, 4.69) is 33.0 Å². The van der Waals surface area contributed by atoms with Gasteiger partial charge in [-0.1, -0.05) is 70.5 Å². The molecule has 0 radical (unpaired) electrons. The molecule has 1 atom stereocenters. The van der Waals surface area contributed by atoms with Crippen LogP contribution in [0.2, 0.25) is 0 Å². The number of carbonyl (C=O) groups excluding carboxylic acids is 2. The fourth-order valence-electron chi connectivity index (χ4n) is 3.37. The normalized spacial score (nSPS) is 12.2. The van der Waals surface area contributed by atoms with Crippen LogP contribution >= 0.6 is 0 Å². The van der Waals surface area contributed by atoms with E-state index in [4.69, 9.17) is 4.74 Å². The van der Waals surface area contributed by atoms with Crippen LogP contribution in [0, 0.1) is 6.92 Å². The number of rotatable bonds is 10. The number of unbranched alkanes of at least 4 members (excludes halogenated alkanes) is 1. The Morgan fingerprint density at radius 2 is 1.72 bits per heavy atom. The van der Waals surface area contributed by atoms with Crippen molar-refractivity contribution in [3.63, 3.8) is 0 Å². The molecule has 2 aromatic rings. The van der Waals surface area contributed by atoms with E-state index in [1.165, 1.54) is 5.56 Å². The van der Waals surface area contributed by atoms with Gasteiger partial charge in [0.05, 0.1) is 0 Å². The number of amides is 2. The van der Waals surface area contributed by atoms with Crippen molar-refractivity contribution in [2.75, 3.05) is 13.2 Å². The van der Waals surface area contributed by atoms with Crippen molar-refractivity contribution >= 4 is 11.8 Å². The molecule has 2 amide bonds. The molecule has 32 heavy (non-hydrogen) atoms. The largest absolute Gasteiger partial charge is 0.484 e. The van der Waals surface area contributed by atoms with Crippen molar-refractivity contribution in [2.45, 2.75) is 72.4 Å². The van der Waals surface area contributed by atoms with Gasteiger partial charge in [-0.2, -0.15) is 0 Å². The van der Waals surface area contributed by atoms with E-state index in [0.29, 0.717) is 18.8 Å². The highest BCUT2D eigenvalue weighted by atomic mass is 16.5. The molecule has 2 aromatic carbocycles. The number of ether oxygens (including phenoxy) is 1. The second-order valence-electron chi connectivity index (χ2n) is 9.33. The Balaban J connectivity index is 2.12. The summed E-state index contributed by atoms with van der Waals surface area (Å²) in [5, 5.41) is 2.94. The first kappa shape index (κ1) is 25.4. The Labute approximate surface area is 193 Å². The van der Waals surface area contributed by atoms with E-state index in [1.807, 2.05) is 55.5 Å². The van der Waals surface area contributed by atoms with Crippen LogP contribution in [0.15, 0.2) is 48.5 Å². The molecule has 0 bridgehead atoms. The number of hydrogen-bond donors (Lipinski definition) is 1. The quantitative estimate of drug-likeness (QED) is 0.531. The summed E-state index contributed by atoms with van der Waals surface area (Å²) in [4.78, 5) is 27.5. The van der Waals surface area contributed by atoms with E-state index < -0.39 is 6.04 Å². The van der Waals surface area contributed by atoms with Crippen LogP contribution in [-0.4, -0.2) is 35.9 Å². The van der Waals surface area contributed by atoms with Gasteiger partial charge in [-0.25, -0.2) is 0 Å². The molecular formula is C27H38N2O3. The van der Waals surface area contributed by atoms with Gasteiger partial charge in [0, 0.05) is 13.1 Å². The maximum absolute atomic E-state index is 13.2. The molecule has 2 rings (SSSR count). The predicted octanol–water partition coefficient (Wildman–Crippen LogP) is 5.00. The lowest BCUT2D eigenvalue weighted by atomic mass is 9.87. The maximum Gasteiger partial charge on any atom is 0.261 e. The zero-order valence-electron chi connectivity index (χ0n) is 20.4. The van der Waals surface area contributed by atoms with Gasteiger partial charge in [-0.05, 0) is 54.5 Å². The van der Waals surface area contributed by atoms with Crippen LogP contribution in [-0.2, 0) is 21.5 Å². The number of carbonyl (C=O) groups is 2. The van der Waals surface area contributed by atoms with Gasteiger partial charge in [0.2, 0.25) is 5.91 Å². The van der Waals surface area contributed by atoms with Crippen LogP contribution in [0.3, 0.4) is 0 Å². The molecular weight excluding hydrogens is 400 g/mol. The smallest absolute Gasteiger partial charge is 0.261 e. The average molecular weight is 439 g/mol. The van der Waals surface area contributed by atoms with Crippen LogP contribution in [0.4, 0.5) is 0 Å². The molecule has 0 aliphatic heterocycles. The summed E-state index contributed by atoms with van der Waals surface area (Å²) in [6.45, 7) is 13.2. The van der Waals surface area contributed by atoms with Gasteiger partial charge < -0.3 is 15.0 Å². The lowest BCUT2D eigenvalue weighted by Gasteiger charge is -2.29. The highest BCUT2D eigenvalue weighted by Crippen LogP contribution is 2.24. The van der Waals surface area contributed by atoms with Crippen LogP contribution in [0.25, 0.3) is 0 Å². The minimum absolute atomic E-state index is 0.0548. The molecule has 5 heteroatoms. The van der Waals surface area contributed by atoms with Gasteiger partial charge in [0.15, 0.2) is 6.61 Å². The minimum Gasteiger partial charge on any atom is -0.484 e. The summed E-state index contributed by atoms with van der Waals surface area (Å²) in [6.07, 6.45) is 1.92. The van der Waals surface area contributed by atoms with Crippen molar-refractivity contribution in [3.05, 3.63) is 65.2 Å². The Morgan fingerprint density at radius 1 is 1.06 bits per heavy atom. The third-order valence-corrected chi connectivity index (χ3v) is 5.68. The van der Waals surface area contributed by atoms with Gasteiger partial charge in [-0.15, -0.1) is 0 Å². The molecule has 1 N–H and O–H groups in total. The summed E-state index contributed by atoms with van der Waals surface area (Å²) in [5.41, 5.74) is 3.36. The van der Waals surface area contributed by atoms with Gasteiger partial charge >= 0.3 is 0 Å². The zero-order valence-corrected chi connectivity index (χ0v) is 20.4. The molecule has 5 nitrogen and oxygen atoms in total. The van der Waals surface area contributed by atoms with Crippen molar-refractivity contribution in [1.82, 2.24) is 10.2 Å². The van der Waals surface area contributed by atoms with E-state index in [9.17, 15) is 9.59 Å². The maximum atomic E-state index is 13.2.